The molecule has 76 valence electrons. The first-order chi connectivity index (χ1) is 6.55. The van der Waals surface area contributed by atoms with E-state index >= 15 is 0 Å². The first-order valence-electron chi connectivity index (χ1n) is 3.79. The standard InChI is InChI=1S/C9H7F3IN/c10-9(11,12)8(14-6-13)7-4-2-1-3-5-7/h1-6,8H/t8-/m0/s1. The molecule has 5 heteroatoms. The van der Waals surface area contributed by atoms with Crippen molar-refractivity contribution in [1.29, 1.82) is 0 Å². The van der Waals surface area contributed by atoms with E-state index in [0.29, 0.717) is 0 Å². The van der Waals surface area contributed by atoms with Crippen LogP contribution in [0.15, 0.2) is 35.3 Å². The van der Waals surface area contributed by atoms with Gasteiger partial charge in [0, 0.05) is 0 Å². The fraction of sp³-hybridized carbons (Fsp3) is 0.222. The summed E-state index contributed by atoms with van der Waals surface area (Å²) in [5, 5.41) is 0. The molecular weight excluding hydrogens is 306 g/mol. The molecule has 0 aliphatic rings. The Balaban J connectivity index is 3.01. The number of nitrogens with zero attached hydrogens (tertiary/aromatic N) is 1. The van der Waals surface area contributed by atoms with Crippen molar-refractivity contribution in [2.24, 2.45) is 4.99 Å². The molecule has 0 aliphatic carbocycles. The summed E-state index contributed by atoms with van der Waals surface area (Å²) in [6, 6.07) is 5.89. The summed E-state index contributed by atoms with van der Waals surface area (Å²) in [4.78, 5) is 3.40. The molecule has 14 heavy (non-hydrogen) atoms. The second-order valence-corrected chi connectivity index (χ2v) is 3.16. The zero-order valence-corrected chi connectivity index (χ0v) is 9.16. The van der Waals surface area contributed by atoms with Gasteiger partial charge in [0.1, 0.15) is 0 Å². The van der Waals surface area contributed by atoms with E-state index in [-0.39, 0.29) is 5.56 Å². The highest BCUT2D eigenvalue weighted by Crippen LogP contribution is 2.35. The molecular formula is C9H7F3IN. The maximum atomic E-state index is 12.5. The molecule has 0 N–H and O–H groups in total. The van der Waals surface area contributed by atoms with Gasteiger partial charge in [-0.2, -0.15) is 13.2 Å². The van der Waals surface area contributed by atoms with Crippen molar-refractivity contribution in [1.82, 2.24) is 0 Å². The minimum absolute atomic E-state index is 0.160. The SMILES string of the molecule is FC(F)(F)[C@@H](N=CI)c1ccccc1. The Kier molecular flexibility index (Phi) is 3.91. The van der Waals surface area contributed by atoms with Crippen molar-refractivity contribution >= 4 is 26.8 Å². The molecule has 0 saturated heterocycles. The lowest BCUT2D eigenvalue weighted by molar-refractivity contribution is -0.148. The highest BCUT2D eigenvalue weighted by Gasteiger charge is 2.40. The molecule has 0 aliphatic heterocycles. The van der Waals surface area contributed by atoms with Crippen LogP contribution in [0.2, 0.25) is 0 Å². The van der Waals surface area contributed by atoms with Crippen molar-refractivity contribution in [3.63, 3.8) is 0 Å². The highest BCUT2D eigenvalue weighted by molar-refractivity contribution is 14.1. The quantitative estimate of drug-likeness (QED) is 0.582. The molecule has 0 radical (unpaired) electrons. The number of rotatable bonds is 2. The van der Waals surface area contributed by atoms with Gasteiger partial charge in [0.05, 0.1) is 4.22 Å². The van der Waals surface area contributed by atoms with Gasteiger partial charge in [0.2, 0.25) is 0 Å². The van der Waals surface area contributed by atoms with E-state index in [4.69, 9.17) is 0 Å². The molecule has 0 spiro atoms. The second kappa shape index (κ2) is 4.77. The van der Waals surface area contributed by atoms with Crippen LogP contribution in [0.1, 0.15) is 11.6 Å². The van der Waals surface area contributed by atoms with Gasteiger partial charge in [-0.3, -0.25) is 4.99 Å². The first-order valence-corrected chi connectivity index (χ1v) is 5.04. The Bertz CT molecular complexity index is 308. The van der Waals surface area contributed by atoms with Gasteiger partial charge in [-0.15, -0.1) is 0 Å². The van der Waals surface area contributed by atoms with Gasteiger partial charge in [-0.05, 0) is 28.2 Å². The molecule has 0 saturated carbocycles. The Morgan fingerprint density at radius 3 is 2.21 bits per heavy atom. The molecule has 0 amide bonds. The maximum Gasteiger partial charge on any atom is 0.414 e. The molecule has 0 aromatic heterocycles. The highest BCUT2D eigenvalue weighted by atomic mass is 127. The predicted octanol–water partition coefficient (Wildman–Crippen LogP) is 3.75. The summed E-state index contributed by atoms with van der Waals surface area (Å²) in [7, 11) is 0. The van der Waals surface area contributed by atoms with Crippen LogP contribution < -0.4 is 0 Å². The molecule has 1 aromatic carbocycles. The third-order valence-corrected chi connectivity index (χ3v) is 1.95. The normalized spacial score (nSPS) is 14.6. The molecule has 0 fully saturated rings. The van der Waals surface area contributed by atoms with Crippen LogP contribution in [-0.4, -0.2) is 10.4 Å². The molecule has 0 heterocycles. The van der Waals surface area contributed by atoms with Gasteiger partial charge in [0.25, 0.3) is 0 Å². The van der Waals surface area contributed by atoms with E-state index in [0.717, 1.165) is 4.22 Å². The van der Waals surface area contributed by atoms with E-state index in [9.17, 15) is 13.2 Å². The van der Waals surface area contributed by atoms with Crippen molar-refractivity contribution in [2.45, 2.75) is 12.2 Å². The average Bonchev–Trinajstić information content (AvgIpc) is 2.14. The Morgan fingerprint density at radius 2 is 1.79 bits per heavy atom. The maximum absolute atomic E-state index is 12.5. The van der Waals surface area contributed by atoms with Crippen LogP contribution in [0.5, 0.6) is 0 Å². The summed E-state index contributed by atoms with van der Waals surface area (Å²) in [5.41, 5.74) is 0.160. The third kappa shape index (κ3) is 2.97. The van der Waals surface area contributed by atoms with Crippen LogP contribution in [0, 0.1) is 0 Å². The Morgan fingerprint density at radius 1 is 1.21 bits per heavy atom. The monoisotopic (exact) mass is 313 g/mol. The van der Waals surface area contributed by atoms with Gasteiger partial charge < -0.3 is 0 Å². The van der Waals surface area contributed by atoms with Crippen LogP contribution >= 0.6 is 22.6 Å². The van der Waals surface area contributed by atoms with Crippen LogP contribution in [0.4, 0.5) is 13.2 Å². The number of aliphatic imine (C=N–C) groups is 1. The summed E-state index contributed by atoms with van der Waals surface area (Å²) >= 11 is 1.68. The molecule has 1 rings (SSSR count). The number of benzene rings is 1. The van der Waals surface area contributed by atoms with Crippen molar-refractivity contribution in [2.75, 3.05) is 0 Å². The third-order valence-electron chi connectivity index (χ3n) is 1.63. The summed E-state index contributed by atoms with van der Waals surface area (Å²) in [5.74, 6) is 0. The number of hydrogen-bond donors (Lipinski definition) is 0. The average molecular weight is 313 g/mol. The fourth-order valence-electron chi connectivity index (χ4n) is 1.05. The molecule has 1 atom stereocenters. The van der Waals surface area contributed by atoms with Crippen molar-refractivity contribution in [3.8, 4) is 0 Å². The Hall–Kier alpha value is -0.590. The molecule has 0 unspecified atom stereocenters. The lowest BCUT2D eigenvalue weighted by atomic mass is 10.1. The fourth-order valence-corrected chi connectivity index (χ4v) is 1.37. The minimum atomic E-state index is -4.33. The summed E-state index contributed by atoms with van der Waals surface area (Å²) in [6.07, 6.45) is -4.33. The van der Waals surface area contributed by atoms with Crippen molar-refractivity contribution in [3.05, 3.63) is 35.9 Å². The van der Waals surface area contributed by atoms with E-state index in [1.54, 1.807) is 40.8 Å². The first kappa shape index (κ1) is 11.5. The van der Waals surface area contributed by atoms with Crippen LogP contribution in [-0.2, 0) is 0 Å². The predicted molar refractivity (Wildman–Crippen MR) is 57.8 cm³/mol. The smallest absolute Gasteiger partial charge is 0.269 e. The van der Waals surface area contributed by atoms with Gasteiger partial charge in [-0.1, -0.05) is 30.3 Å². The molecule has 0 bridgehead atoms. The summed E-state index contributed by atoms with van der Waals surface area (Å²) < 4.78 is 38.6. The zero-order chi connectivity index (χ0) is 10.6. The van der Waals surface area contributed by atoms with E-state index in [1.165, 1.54) is 12.1 Å². The summed E-state index contributed by atoms with van der Waals surface area (Å²) in [6.45, 7) is 0. The molecule has 1 nitrogen and oxygen atoms in total. The molecule has 1 aromatic rings. The second-order valence-electron chi connectivity index (χ2n) is 2.60. The van der Waals surface area contributed by atoms with Gasteiger partial charge >= 0.3 is 6.18 Å². The van der Waals surface area contributed by atoms with Crippen LogP contribution in [0.3, 0.4) is 0 Å². The zero-order valence-electron chi connectivity index (χ0n) is 7.00. The number of halogens is 4. The number of alkyl halides is 3. The lowest BCUT2D eigenvalue weighted by Gasteiger charge is -2.15. The van der Waals surface area contributed by atoms with Crippen molar-refractivity contribution < 1.29 is 13.2 Å². The van der Waals surface area contributed by atoms with Crippen LogP contribution in [0.25, 0.3) is 0 Å². The van der Waals surface area contributed by atoms with E-state index < -0.39 is 12.2 Å². The lowest BCUT2D eigenvalue weighted by Crippen LogP contribution is -2.18. The van der Waals surface area contributed by atoms with E-state index in [2.05, 4.69) is 4.99 Å². The number of hydrogen-bond acceptors (Lipinski definition) is 1. The Labute approximate surface area is 93.2 Å². The topological polar surface area (TPSA) is 12.4 Å². The van der Waals surface area contributed by atoms with E-state index in [1.807, 2.05) is 0 Å². The minimum Gasteiger partial charge on any atom is -0.269 e. The van der Waals surface area contributed by atoms with Gasteiger partial charge in [-0.25, -0.2) is 0 Å². The van der Waals surface area contributed by atoms with Gasteiger partial charge in [0.15, 0.2) is 6.04 Å². The largest absolute Gasteiger partial charge is 0.414 e.